The molecule has 3 amide bonds. The van der Waals surface area contributed by atoms with Crippen LogP contribution in [0.25, 0.3) is 5.69 Å². The molecule has 192 valence electrons. The molecular formula is C27H25N7O4. The number of nitrogens with zero attached hydrogens (tertiary/aromatic N) is 6. The number of likely N-dealkylation sites (tertiary alicyclic amines) is 1. The molecule has 0 aliphatic carbocycles. The van der Waals surface area contributed by atoms with Gasteiger partial charge in [0.2, 0.25) is 11.8 Å². The van der Waals surface area contributed by atoms with Crippen LogP contribution in [0.3, 0.4) is 0 Å². The number of benzene rings is 1. The molecule has 3 aliphatic rings. The van der Waals surface area contributed by atoms with E-state index in [0.717, 1.165) is 42.9 Å². The molecule has 0 saturated carbocycles. The lowest BCUT2D eigenvalue weighted by Crippen LogP contribution is -2.52. The van der Waals surface area contributed by atoms with E-state index in [1.807, 2.05) is 36.7 Å². The predicted octanol–water partition coefficient (Wildman–Crippen LogP) is 1.55. The molecule has 5 heterocycles. The highest BCUT2D eigenvalue weighted by Gasteiger charge is 2.39. The normalized spacial score (nSPS) is 21.3. The van der Waals surface area contributed by atoms with Crippen LogP contribution in [-0.4, -0.2) is 67.5 Å². The molecule has 6 rings (SSSR count). The Balaban J connectivity index is 1.05. The molecule has 11 heteroatoms. The fourth-order valence-corrected chi connectivity index (χ4v) is 5.28. The van der Waals surface area contributed by atoms with Gasteiger partial charge < -0.3 is 9.64 Å². The molecule has 1 aromatic carbocycles. The van der Waals surface area contributed by atoms with Crippen LogP contribution < -0.4 is 10.1 Å². The monoisotopic (exact) mass is 511 g/mol. The summed E-state index contributed by atoms with van der Waals surface area (Å²) in [6, 6.07) is 10.3. The van der Waals surface area contributed by atoms with Gasteiger partial charge in [-0.15, -0.1) is 0 Å². The average Bonchev–Trinajstić information content (AvgIpc) is 3.64. The van der Waals surface area contributed by atoms with Crippen molar-refractivity contribution in [2.24, 2.45) is 0 Å². The van der Waals surface area contributed by atoms with E-state index in [1.165, 1.54) is 0 Å². The number of rotatable bonds is 6. The first-order chi connectivity index (χ1) is 18.5. The second-order valence-electron chi connectivity index (χ2n) is 9.79. The van der Waals surface area contributed by atoms with Crippen molar-refractivity contribution in [3.05, 3.63) is 71.3 Å². The molecule has 0 radical (unpaired) electrons. The van der Waals surface area contributed by atoms with Crippen LogP contribution >= 0.6 is 0 Å². The van der Waals surface area contributed by atoms with Crippen molar-refractivity contribution in [2.75, 3.05) is 13.1 Å². The maximum atomic E-state index is 12.9. The summed E-state index contributed by atoms with van der Waals surface area (Å²) in [5, 5.41) is 15.7. The zero-order valence-electron chi connectivity index (χ0n) is 20.5. The van der Waals surface area contributed by atoms with Crippen molar-refractivity contribution < 1.29 is 19.1 Å². The van der Waals surface area contributed by atoms with Gasteiger partial charge in [0, 0.05) is 49.9 Å². The van der Waals surface area contributed by atoms with Crippen LogP contribution in [0, 0.1) is 11.3 Å². The molecule has 11 nitrogen and oxygen atoms in total. The number of amides is 3. The van der Waals surface area contributed by atoms with Crippen molar-refractivity contribution in [1.82, 2.24) is 29.9 Å². The summed E-state index contributed by atoms with van der Waals surface area (Å²) in [5.74, 6) is -0.196. The Morgan fingerprint density at radius 2 is 2.03 bits per heavy atom. The number of fused-ring (bicyclic) bond motifs is 1. The highest BCUT2D eigenvalue weighted by Crippen LogP contribution is 2.31. The third kappa shape index (κ3) is 4.62. The van der Waals surface area contributed by atoms with Gasteiger partial charge in [-0.3, -0.25) is 24.6 Å². The van der Waals surface area contributed by atoms with Crippen molar-refractivity contribution >= 4 is 17.7 Å². The number of carbonyl (C=O) groups excluding carboxylic acids is 3. The summed E-state index contributed by atoms with van der Waals surface area (Å²) in [6.45, 7) is 2.72. The van der Waals surface area contributed by atoms with Crippen LogP contribution in [-0.2, 0) is 22.7 Å². The molecule has 3 aromatic rings. The number of hydrogen-bond acceptors (Lipinski definition) is 8. The SMILES string of the molecule is N#Cc1ccc(-n2cc(CN3CC[C@H](Oc4ccc5c(c4)CN(C4CCC(=O)NC4=O)C5=O)C3)cn2)cn1. The Kier molecular flexibility index (Phi) is 6.09. The van der Waals surface area contributed by atoms with Gasteiger partial charge in [-0.2, -0.15) is 10.4 Å². The maximum Gasteiger partial charge on any atom is 0.255 e. The van der Waals surface area contributed by atoms with Crippen molar-refractivity contribution in [3.63, 3.8) is 0 Å². The third-order valence-electron chi connectivity index (χ3n) is 7.20. The first-order valence-corrected chi connectivity index (χ1v) is 12.5. The van der Waals surface area contributed by atoms with Gasteiger partial charge in [-0.05, 0) is 48.7 Å². The lowest BCUT2D eigenvalue weighted by atomic mass is 10.0. The summed E-state index contributed by atoms with van der Waals surface area (Å²) >= 11 is 0. The minimum atomic E-state index is -0.627. The number of hydrogen-bond donors (Lipinski definition) is 1. The molecule has 2 atom stereocenters. The Morgan fingerprint density at radius 3 is 2.82 bits per heavy atom. The quantitative estimate of drug-likeness (QED) is 0.493. The van der Waals surface area contributed by atoms with Crippen LogP contribution in [0.1, 0.15) is 46.4 Å². The van der Waals surface area contributed by atoms with Gasteiger partial charge in [0.05, 0.1) is 18.1 Å². The first kappa shape index (κ1) is 23.8. The molecule has 2 aromatic heterocycles. The third-order valence-corrected chi connectivity index (χ3v) is 7.20. The second kappa shape index (κ2) is 9.72. The summed E-state index contributed by atoms with van der Waals surface area (Å²) in [7, 11) is 0. The van der Waals surface area contributed by atoms with E-state index in [9.17, 15) is 14.4 Å². The lowest BCUT2D eigenvalue weighted by Gasteiger charge is -2.29. The molecule has 0 bridgehead atoms. The number of nitriles is 1. The summed E-state index contributed by atoms with van der Waals surface area (Å²) in [5.41, 5.74) is 3.64. The molecule has 2 saturated heterocycles. The maximum absolute atomic E-state index is 12.9. The van der Waals surface area contributed by atoms with Gasteiger partial charge >= 0.3 is 0 Å². The molecule has 2 fully saturated rings. The number of nitrogens with one attached hydrogen (secondary N) is 1. The number of piperidine rings is 1. The van der Waals surface area contributed by atoms with Crippen LogP contribution in [0.5, 0.6) is 5.75 Å². The van der Waals surface area contributed by atoms with Gasteiger partial charge in [0.25, 0.3) is 5.91 Å². The molecule has 1 unspecified atom stereocenters. The molecule has 1 N–H and O–H groups in total. The van der Waals surface area contributed by atoms with E-state index in [1.54, 1.807) is 27.9 Å². The molecule has 38 heavy (non-hydrogen) atoms. The standard InChI is InChI=1S/C27H25N7O4/c28-10-19-1-2-20(12-29-19)34-14-17(11-30-34)13-32-8-7-22(16-32)38-21-3-4-23-18(9-21)15-33(27(23)37)24-5-6-25(35)31-26(24)36/h1-4,9,11-12,14,22,24H,5-8,13,15-16H2,(H,31,35,36)/t22-,24?/m0/s1. The number of imide groups is 1. The van der Waals surface area contributed by atoms with Gasteiger partial charge in [0.15, 0.2) is 0 Å². The fourth-order valence-electron chi connectivity index (χ4n) is 5.28. The van der Waals surface area contributed by atoms with Crippen LogP contribution in [0.4, 0.5) is 0 Å². The minimum Gasteiger partial charge on any atom is -0.489 e. The number of pyridine rings is 1. The Labute approximate surface area is 218 Å². The highest BCUT2D eigenvalue weighted by molar-refractivity contribution is 6.05. The van der Waals surface area contributed by atoms with E-state index in [4.69, 9.17) is 10.00 Å². The Morgan fingerprint density at radius 1 is 1.13 bits per heavy atom. The van der Waals surface area contributed by atoms with E-state index in [-0.39, 0.29) is 24.3 Å². The topological polar surface area (TPSA) is 133 Å². The Bertz CT molecular complexity index is 1460. The van der Waals surface area contributed by atoms with E-state index in [0.29, 0.717) is 30.0 Å². The second-order valence-corrected chi connectivity index (χ2v) is 9.79. The van der Waals surface area contributed by atoms with E-state index >= 15 is 0 Å². The van der Waals surface area contributed by atoms with Crippen LogP contribution in [0.15, 0.2) is 48.9 Å². The van der Waals surface area contributed by atoms with Crippen molar-refractivity contribution in [3.8, 4) is 17.5 Å². The lowest BCUT2D eigenvalue weighted by molar-refractivity contribution is -0.136. The number of ether oxygens (including phenoxy) is 1. The van der Waals surface area contributed by atoms with Gasteiger partial charge in [0.1, 0.15) is 29.7 Å². The Hall–Kier alpha value is -4.56. The van der Waals surface area contributed by atoms with E-state index in [2.05, 4.69) is 20.3 Å². The van der Waals surface area contributed by atoms with E-state index < -0.39 is 11.9 Å². The fraction of sp³-hybridized carbons (Fsp3) is 0.333. The minimum absolute atomic E-state index is 0.0224. The highest BCUT2D eigenvalue weighted by atomic mass is 16.5. The summed E-state index contributed by atoms with van der Waals surface area (Å²) in [6.07, 6.45) is 6.90. The number of aromatic nitrogens is 3. The zero-order valence-corrected chi connectivity index (χ0v) is 20.5. The summed E-state index contributed by atoms with van der Waals surface area (Å²) < 4.78 is 8.01. The zero-order chi connectivity index (χ0) is 26.2. The van der Waals surface area contributed by atoms with Crippen molar-refractivity contribution in [1.29, 1.82) is 5.26 Å². The molecular weight excluding hydrogens is 486 g/mol. The molecule has 0 spiro atoms. The summed E-state index contributed by atoms with van der Waals surface area (Å²) in [4.78, 5) is 44.6. The first-order valence-electron chi connectivity index (χ1n) is 12.5. The van der Waals surface area contributed by atoms with Crippen molar-refractivity contribution in [2.45, 2.75) is 44.5 Å². The smallest absolute Gasteiger partial charge is 0.255 e. The largest absolute Gasteiger partial charge is 0.489 e. The number of carbonyl (C=O) groups is 3. The molecule has 3 aliphatic heterocycles. The van der Waals surface area contributed by atoms with Crippen LogP contribution in [0.2, 0.25) is 0 Å². The predicted molar refractivity (Wildman–Crippen MR) is 133 cm³/mol. The van der Waals surface area contributed by atoms with Gasteiger partial charge in [-0.1, -0.05) is 0 Å². The average molecular weight is 512 g/mol. The van der Waals surface area contributed by atoms with Gasteiger partial charge in [-0.25, -0.2) is 9.67 Å².